The second kappa shape index (κ2) is 11.3. The van der Waals surface area contributed by atoms with E-state index in [1.807, 2.05) is 4.90 Å². The highest BCUT2D eigenvalue weighted by atomic mass is 35.5. The molecule has 0 saturated carbocycles. The van der Waals surface area contributed by atoms with Crippen LogP contribution in [0.2, 0.25) is 10.0 Å². The summed E-state index contributed by atoms with van der Waals surface area (Å²) in [5.74, 6) is -0.383. The van der Waals surface area contributed by atoms with Gasteiger partial charge in [0.25, 0.3) is 5.91 Å². The molecule has 182 valence electrons. The van der Waals surface area contributed by atoms with E-state index < -0.39 is 5.91 Å². The van der Waals surface area contributed by atoms with Gasteiger partial charge in [0.2, 0.25) is 0 Å². The summed E-state index contributed by atoms with van der Waals surface area (Å²) in [6, 6.07) is 12.6. The molecule has 1 aromatic heterocycles. The number of hydrogen-bond acceptors (Lipinski definition) is 5. The number of anilines is 1. The van der Waals surface area contributed by atoms with Crippen molar-refractivity contribution in [2.45, 2.75) is 26.7 Å². The van der Waals surface area contributed by atoms with Crippen molar-refractivity contribution in [2.75, 3.05) is 18.4 Å². The number of carbonyl (C=O) groups is 2. The number of rotatable bonds is 6. The normalized spacial score (nSPS) is 12.7. The molecule has 1 aliphatic rings. The molecule has 1 saturated heterocycles. The number of benzene rings is 2. The van der Waals surface area contributed by atoms with Crippen LogP contribution in [0.3, 0.4) is 0 Å². The van der Waals surface area contributed by atoms with Crippen LogP contribution in [0.25, 0.3) is 0 Å². The molecule has 1 aliphatic heterocycles. The molecule has 0 atom stereocenters. The molecule has 0 radical (unpaired) electrons. The van der Waals surface area contributed by atoms with E-state index >= 15 is 0 Å². The molecule has 2 aromatic carbocycles. The second-order valence-electron chi connectivity index (χ2n) is 7.99. The third-order valence-electron chi connectivity index (χ3n) is 5.64. The van der Waals surface area contributed by atoms with Crippen LogP contribution in [0.15, 0.2) is 54.7 Å². The Kier molecular flexibility index (Phi) is 8.48. The molecule has 0 bridgehead atoms. The zero-order valence-corrected chi connectivity index (χ0v) is 19.7. The number of likely N-dealkylation sites (tertiary alicyclic amines) is 1. The van der Waals surface area contributed by atoms with E-state index in [1.54, 1.807) is 30.3 Å². The van der Waals surface area contributed by atoms with Crippen molar-refractivity contribution in [1.82, 2.24) is 9.88 Å². The third-order valence-corrected chi connectivity index (χ3v) is 6.09. The van der Waals surface area contributed by atoms with Crippen molar-refractivity contribution in [3.8, 4) is 5.75 Å². The van der Waals surface area contributed by atoms with Gasteiger partial charge < -0.3 is 15.3 Å². The summed E-state index contributed by atoms with van der Waals surface area (Å²) in [4.78, 5) is 31.9. The van der Waals surface area contributed by atoms with E-state index in [4.69, 9.17) is 28.6 Å². The minimum absolute atomic E-state index is 0. The first-order valence-electron chi connectivity index (χ1n) is 10.7. The Morgan fingerprint density at radius 3 is 2.29 bits per heavy atom. The lowest BCUT2D eigenvalue weighted by Crippen LogP contribution is -2.27. The Bertz CT molecular complexity index is 1240. The fourth-order valence-electron chi connectivity index (χ4n) is 3.84. The lowest BCUT2D eigenvalue weighted by molar-refractivity contribution is 0.0991. The van der Waals surface area contributed by atoms with Gasteiger partial charge in [-0.1, -0.05) is 54.9 Å². The molecule has 2 heterocycles. The van der Waals surface area contributed by atoms with Gasteiger partial charge in [0.05, 0.1) is 5.02 Å². The maximum absolute atomic E-state index is 13.0. The molecule has 0 aliphatic carbocycles. The number of pyridine rings is 1. The van der Waals surface area contributed by atoms with E-state index in [0.29, 0.717) is 16.4 Å². The maximum atomic E-state index is 13.0. The van der Waals surface area contributed by atoms with Crippen molar-refractivity contribution in [2.24, 2.45) is 0 Å². The standard InChI is InChI=1S/C25H22Cl2N4O3.CH4/c26-17-7-8-23(29-14-17)30-25(34)20-11-18(27)12-22(33)19(20)13-21(32)15-3-5-16(6-4-15)24(28)31-9-1-2-10-31;/h3-8,11-12,14,28,33H,1-2,9-10,13H2,(H,29,30,34);1H4. The lowest BCUT2D eigenvalue weighted by Gasteiger charge is -2.18. The molecule has 3 N–H and O–H groups in total. The summed E-state index contributed by atoms with van der Waals surface area (Å²) >= 11 is 11.9. The van der Waals surface area contributed by atoms with Gasteiger partial charge >= 0.3 is 0 Å². The number of ketones is 1. The van der Waals surface area contributed by atoms with Gasteiger partial charge in [0.15, 0.2) is 5.78 Å². The van der Waals surface area contributed by atoms with E-state index in [-0.39, 0.29) is 47.3 Å². The number of aromatic hydroxyl groups is 1. The molecule has 7 nitrogen and oxygen atoms in total. The Labute approximate surface area is 214 Å². The first kappa shape index (κ1) is 26.2. The van der Waals surface area contributed by atoms with Crippen molar-refractivity contribution in [3.63, 3.8) is 0 Å². The molecule has 1 amide bonds. The van der Waals surface area contributed by atoms with Crippen molar-refractivity contribution in [3.05, 3.63) is 87.0 Å². The predicted molar refractivity (Wildman–Crippen MR) is 139 cm³/mol. The highest BCUT2D eigenvalue weighted by Crippen LogP contribution is 2.29. The van der Waals surface area contributed by atoms with Gasteiger partial charge in [0, 0.05) is 53.0 Å². The zero-order chi connectivity index (χ0) is 24.2. The monoisotopic (exact) mass is 512 g/mol. The molecule has 4 rings (SSSR count). The van der Waals surface area contributed by atoms with Gasteiger partial charge in [-0.2, -0.15) is 0 Å². The maximum Gasteiger partial charge on any atom is 0.257 e. The first-order chi connectivity index (χ1) is 16.3. The van der Waals surface area contributed by atoms with Crippen molar-refractivity contribution < 1.29 is 14.7 Å². The summed E-state index contributed by atoms with van der Waals surface area (Å²) in [5.41, 5.74) is 1.39. The summed E-state index contributed by atoms with van der Waals surface area (Å²) in [6.45, 7) is 1.73. The number of carbonyl (C=O) groups excluding carboxylic acids is 2. The number of phenols is 1. The Morgan fingerprint density at radius 1 is 1.00 bits per heavy atom. The SMILES string of the molecule is C.N=C(c1ccc(C(=O)Cc2c(O)cc(Cl)cc2C(=O)Nc2ccc(Cl)cn2)cc1)N1CCCC1. The van der Waals surface area contributed by atoms with Crippen molar-refractivity contribution >= 4 is 46.5 Å². The summed E-state index contributed by atoms with van der Waals surface area (Å²) in [6.07, 6.45) is 3.34. The number of nitrogens with zero attached hydrogens (tertiary/aromatic N) is 2. The second-order valence-corrected chi connectivity index (χ2v) is 8.86. The summed E-state index contributed by atoms with van der Waals surface area (Å²) in [5, 5.41) is 22.0. The predicted octanol–water partition coefficient (Wildman–Crippen LogP) is 5.83. The van der Waals surface area contributed by atoms with Crippen LogP contribution < -0.4 is 5.32 Å². The average molecular weight is 513 g/mol. The van der Waals surface area contributed by atoms with E-state index in [2.05, 4.69) is 10.3 Å². The largest absolute Gasteiger partial charge is 0.508 e. The quantitative estimate of drug-likeness (QED) is 0.219. The van der Waals surface area contributed by atoms with Gasteiger partial charge in [0.1, 0.15) is 17.4 Å². The highest BCUT2D eigenvalue weighted by Gasteiger charge is 2.21. The van der Waals surface area contributed by atoms with Crippen LogP contribution in [0.5, 0.6) is 5.75 Å². The molecular weight excluding hydrogens is 487 g/mol. The number of amides is 1. The van der Waals surface area contributed by atoms with Crippen LogP contribution in [0.4, 0.5) is 5.82 Å². The topological polar surface area (TPSA) is 106 Å². The number of nitrogens with one attached hydrogen (secondary N) is 2. The van der Waals surface area contributed by atoms with Crippen LogP contribution in [0, 0.1) is 5.41 Å². The molecule has 1 fully saturated rings. The lowest BCUT2D eigenvalue weighted by atomic mass is 9.96. The minimum atomic E-state index is -0.565. The summed E-state index contributed by atoms with van der Waals surface area (Å²) in [7, 11) is 0. The molecule has 35 heavy (non-hydrogen) atoms. The Morgan fingerprint density at radius 2 is 1.66 bits per heavy atom. The minimum Gasteiger partial charge on any atom is -0.508 e. The number of halogens is 2. The molecule has 0 unspecified atom stereocenters. The fraction of sp³-hybridized carbons (Fsp3) is 0.231. The van der Waals surface area contributed by atoms with Crippen LogP contribution in [-0.4, -0.2) is 45.6 Å². The van der Waals surface area contributed by atoms with Gasteiger partial charge in [-0.05, 0) is 37.1 Å². The number of aromatic nitrogens is 1. The van der Waals surface area contributed by atoms with E-state index in [1.165, 1.54) is 24.4 Å². The van der Waals surface area contributed by atoms with Crippen LogP contribution in [0.1, 0.15) is 52.1 Å². The first-order valence-corrected chi connectivity index (χ1v) is 11.5. The Balaban J connectivity index is 0.00000342. The third kappa shape index (κ3) is 6.18. The van der Waals surface area contributed by atoms with E-state index in [0.717, 1.165) is 31.5 Å². The number of phenolic OH excluding ortho intramolecular Hbond substituents is 1. The average Bonchev–Trinajstić information content (AvgIpc) is 3.36. The Hall–Kier alpha value is -3.42. The molecule has 0 spiro atoms. The van der Waals surface area contributed by atoms with Crippen molar-refractivity contribution in [1.29, 1.82) is 5.41 Å². The molecule has 3 aromatic rings. The van der Waals surface area contributed by atoms with Gasteiger partial charge in [-0.3, -0.25) is 15.0 Å². The molecular formula is C26H26Cl2N4O3. The van der Waals surface area contributed by atoms with E-state index in [9.17, 15) is 14.7 Å². The summed E-state index contributed by atoms with van der Waals surface area (Å²) < 4.78 is 0. The highest BCUT2D eigenvalue weighted by molar-refractivity contribution is 6.31. The number of hydrogen-bond donors (Lipinski definition) is 3. The van der Waals surface area contributed by atoms with Gasteiger partial charge in [-0.25, -0.2) is 4.98 Å². The van der Waals surface area contributed by atoms with Gasteiger partial charge in [-0.15, -0.1) is 0 Å². The smallest absolute Gasteiger partial charge is 0.257 e. The zero-order valence-electron chi connectivity index (χ0n) is 18.1. The molecule has 9 heteroatoms. The number of Topliss-reactive ketones (excluding diaryl/α,β-unsaturated/α-hetero) is 1. The fourth-order valence-corrected chi connectivity index (χ4v) is 4.17. The number of amidine groups is 1. The van der Waals surface area contributed by atoms with Crippen LogP contribution in [-0.2, 0) is 6.42 Å². The van der Waals surface area contributed by atoms with Crippen LogP contribution >= 0.6 is 23.2 Å².